The Kier molecular flexibility index (Phi) is 4.43. The molecule has 0 heterocycles. The third kappa shape index (κ3) is 2.81. The SMILES string of the molecule is CC(=O)C1=C(O)C2C(=O)C3=C(O)c4c(O)ccc(C5C=CCC5)c4CC3CC2CC1=O. The Morgan fingerprint density at radius 2 is 1.87 bits per heavy atom. The van der Waals surface area contributed by atoms with Crippen LogP contribution in [0.5, 0.6) is 5.75 Å². The molecule has 0 spiro atoms. The highest BCUT2D eigenvalue weighted by Gasteiger charge is 2.50. The van der Waals surface area contributed by atoms with Gasteiger partial charge in [-0.3, -0.25) is 14.4 Å². The maximum absolute atomic E-state index is 13.4. The van der Waals surface area contributed by atoms with Gasteiger partial charge < -0.3 is 15.3 Å². The lowest BCUT2D eigenvalue weighted by atomic mass is 9.61. The normalized spacial score (nSPS) is 29.7. The van der Waals surface area contributed by atoms with Gasteiger partial charge in [0.25, 0.3) is 0 Å². The molecule has 4 aliphatic rings. The van der Waals surface area contributed by atoms with Gasteiger partial charge in [-0.05, 0) is 61.6 Å². The predicted octanol–water partition coefficient (Wildman–Crippen LogP) is 3.85. The summed E-state index contributed by atoms with van der Waals surface area (Å²) >= 11 is 0. The molecular weight excluding hydrogens is 396 g/mol. The van der Waals surface area contributed by atoms with E-state index in [0.29, 0.717) is 12.8 Å². The number of hydrogen-bond donors (Lipinski definition) is 3. The van der Waals surface area contributed by atoms with Crippen LogP contribution in [0.3, 0.4) is 0 Å². The van der Waals surface area contributed by atoms with Crippen LogP contribution in [0.1, 0.15) is 55.2 Å². The number of phenols is 1. The van der Waals surface area contributed by atoms with Crippen molar-refractivity contribution >= 4 is 23.1 Å². The van der Waals surface area contributed by atoms with Crippen molar-refractivity contribution in [2.45, 2.75) is 44.9 Å². The largest absolute Gasteiger partial charge is 0.511 e. The molecule has 4 unspecified atom stereocenters. The first-order valence-corrected chi connectivity index (χ1v) is 10.8. The Morgan fingerprint density at radius 1 is 1.10 bits per heavy atom. The molecule has 5 rings (SSSR count). The van der Waals surface area contributed by atoms with E-state index < -0.39 is 34.9 Å². The predicted molar refractivity (Wildman–Crippen MR) is 113 cm³/mol. The number of carbonyl (C=O) groups is 3. The fourth-order valence-corrected chi connectivity index (χ4v) is 6.02. The van der Waals surface area contributed by atoms with Gasteiger partial charge in [-0.1, -0.05) is 18.2 Å². The molecule has 1 aromatic rings. The molecule has 1 aromatic carbocycles. The zero-order valence-electron chi connectivity index (χ0n) is 17.2. The molecule has 0 saturated heterocycles. The van der Waals surface area contributed by atoms with Crippen molar-refractivity contribution in [1.29, 1.82) is 0 Å². The number of carbonyl (C=O) groups excluding carboxylic acids is 3. The monoisotopic (exact) mass is 420 g/mol. The Morgan fingerprint density at radius 3 is 2.55 bits per heavy atom. The first-order chi connectivity index (χ1) is 14.8. The number of hydrogen-bond acceptors (Lipinski definition) is 6. The van der Waals surface area contributed by atoms with Crippen molar-refractivity contribution < 1.29 is 29.7 Å². The van der Waals surface area contributed by atoms with E-state index in [1.807, 2.05) is 6.07 Å². The van der Waals surface area contributed by atoms with Gasteiger partial charge in [0.1, 0.15) is 17.3 Å². The van der Waals surface area contributed by atoms with Gasteiger partial charge in [0.2, 0.25) is 0 Å². The molecular formula is C25H24O6. The second-order valence-corrected chi connectivity index (χ2v) is 9.08. The summed E-state index contributed by atoms with van der Waals surface area (Å²) < 4.78 is 0. The molecule has 1 fully saturated rings. The summed E-state index contributed by atoms with van der Waals surface area (Å²) in [5.41, 5.74) is 2.07. The quantitative estimate of drug-likeness (QED) is 0.495. The fraction of sp³-hybridized carbons (Fsp3) is 0.400. The van der Waals surface area contributed by atoms with E-state index in [4.69, 9.17) is 0 Å². The van der Waals surface area contributed by atoms with Crippen molar-refractivity contribution in [2.24, 2.45) is 17.8 Å². The highest BCUT2D eigenvalue weighted by atomic mass is 16.3. The van der Waals surface area contributed by atoms with Gasteiger partial charge in [-0.2, -0.15) is 0 Å². The minimum atomic E-state index is -1.00. The Hall–Kier alpha value is -3.15. The molecule has 31 heavy (non-hydrogen) atoms. The van der Waals surface area contributed by atoms with Gasteiger partial charge in [-0.15, -0.1) is 0 Å². The highest BCUT2D eigenvalue weighted by Crippen LogP contribution is 2.51. The average molecular weight is 420 g/mol. The summed E-state index contributed by atoms with van der Waals surface area (Å²) in [6.45, 7) is 1.20. The lowest BCUT2D eigenvalue weighted by Crippen LogP contribution is -2.43. The Bertz CT molecular complexity index is 1130. The standard InChI is InChI=1S/C25H24O6/c1-11(26)19-18(28)10-14-8-13-9-16-15(12-4-2-3-5-12)6-7-17(27)22(16)25(31)20(13)24(30)21(14)23(19)29/h2,4,6-7,12-14,21,27,29,31H,3,5,8-10H2,1H3. The number of fused-ring (bicyclic) bond motifs is 3. The number of benzene rings is 1. The van der Waals surface area contributed by atoms with Crippen molar-refractivity contribution in [2.75, 3.05) is 0 Å². The summed E-state index contributed by atoms with van der Waals surface area (Å²) in [5, 5.41) is 32.3. The Labute approximate surface area is 179 Å². The molecule has 6 nitrogen and oxygen atoms in total. The zero-order chi connectivity index (χ0) is 22.0. The minimum absolute atomic E-state index is 0.0328. The number of aromatic hydroxyl groups is 1. The maximum atomic E-state index is 13.4. The smallest absolute Gasteiger partial charge is 0.173 e. The van der Waals surface area contributed by atoms with E-state index in [1.165, 1.54) is 6.92 Å². The van der Waals surface area contributed by atoms with Gasteiger partial charge >= 0.3 is 0 Å². The molecule has 6 heteroatoms. The molecule has 3 N–H and O–H groups in total. The summed E-state index contributed by atoms with van der Waals surface area (Å²) in [6.07, 6.45) is 7.16. The molecule has 160 valence electrons. The zero-order valence-corrected chi connectivity index (χ0v) is 17.2. The van der Waals surface area contributed by atoms with E-state index in [1.54, 1.807) is 6.07 Å². The molecule has 0 bridgehead atoms. The van der Waals surface area contributed by atoms with Gasteiger partial charge in [0, 0.05) is 17.9 Å². The summed E-state index contributed by atoms with van der Waals surface area (Å²) in [7, 11) is 0. The van der Waals surface area contributed by atoms with Crippen LogP contribution in [-0.2, 0) is 20.8 Å². The molecule has 0 amide bonds. The second-order valence-electron chi connectivity index (χ2n) is 9.08. The van der Waals surface area contributed by atoms with Crippen molar-refractivity contribution in [3.05, 3.63) is 57.9 Å². The Balaban J connectivity index is 1.65. The lowest BCUT2D eigenvalue weighted by Gasteiger charge is -2.41. The van der Waals surface area contributed by atoms with Crippen LogP contribution in [0.25, 0.3) is 5.76 Å². The topological polar surface area (TPSA) is 112 Å². The van der Waals surface area contributed by atoms with Crippen LogP contribution in [0.2, 0.25) is 0 Å². The molecule has 0 aromatic heterocycles. The van der Waals surface area contributed by atoms with Crippen LogP contribution in [-0.4, -0.2) is 32.7 Å². The number of phenolic OH excluding ortho intramolecular Hbond substituents is 1. The summed E-state index contributed by atoms with van der Waals surface area (Å²) in [4.78, 5) is 37.7. The molecule has 1 saturated carbocycles. The van der Waals surface area contributed by atoms with Crippen LogP contribution in [0, 0.1) is 17.8 Å². The van der Waals surface area contributed by atoms with E-state index in [9.17, 15) is 29.7 Å². The van der Waals surface area contributed by atoms with Crippen LogP contribution in [0.15, 0.2) is 41.2 Å². The van der Waals surface area contributed by atoms with E-state index >= 15 is 0 Å². The third-order valence-electron chi connectivity index (χ3n) is 7.33. The molecule has 4 atom stereocenters. The lowest BCUT2D eigenvalue weighted by molar-refractivity contribution is -0.127. The summed E-state index contributed by atoms with van der Waals surface area (Å²) in [5.74, 6) is -3.75. The first kappa shape index (κ1) is 19.8. The second kappa shape index (κ2) is 6.94. The van der Waals surface area contributed by atoms with Gasteiger partial charge in [0.05, 0.1) is 17.1 Å². The van der Waals surface area contributed by atoms with Crippen molar-refractivity contribution in [3.63, 3.8) is 0 Å². The van der Waals surface area contributed by atoms with Crippen molar-refractivity contribution in [1.82, 2.24) is 0 Å². The highest BCUT2D eigenvalue weighted by molar-refractivity contribution is 6.21. The van der Waals surface area contributed by atoms with Crippen LogP contribution in [0.4, 0.5) is 0 Å². The van der Waals surface area contributed by atoms with Gasteiger partial charge in [0.15, 0.2) is 17.3 Å². The van der Waals surface area contributed by atoms with Crippen LogP contribution < -0.4 is 0 Å². The number of aliphatic hydroxyl groups is 2. The maximum Gasteiger partial charge on any atom is 0.173 e. The number of aliphatic hydroxyl groups excluding tert-OH is 2. The fourth-order valence-electron chi connectivity index (χ4n) is 6.02. The van der Waals surface area contributed by atoms with E-state index in [0.717, 1.165) is 24.0 Å². The van der Waals surface area contributed by atoms with Crippen molar-refractivity contribution in [3.8, 4) is 5.75 Å². The molecule has 0 aliphatic heterocycles. The van der Waals surface area contributed by atoms with Gasteiger partial charge in [-0.25, -0.2) is 0 Å². The number of ketones is 3. The molecule has 0 radical (unpaired) electrons. The van der Waals surface area contributed by atoms with E-state index in [-0.39, 0.29) is 46.5 Å². The number of Topliss-reactive ketones (excluding diaryl/α,β-unsaturated/α-hetero) is 3. The van der Waals surface area contributed by atoms with Crippen LogP contribution >= 0.6 is 0 Å². The molecule has 4 aliphatic carbocycles. The number of allylic oxidation sites excluding steroid dienone is 5. The average Bonchev–Trinajstić information content (AvgIpc) is 3.21. The third-order valence-corrected chi connectivity index (χ3v) is 7.33. The van der Waals surface area contributed by atoms with E-state index in [2.05, 4.69) is 12.2 Å². The minimum Gasteiger partial charge on any atom is -0.511 e. The first-order valence-electron chi connectivity index (χ1n) is 10.8. The number of rotatable bonds is 2. The summed E-state index contributed by atoms with van der Waals surface area (Å²) in [6, 6.07) is 3.44.